The molecule has 0 fully saturated rings. The first-order valence-corrected chi connectivity index (χ1v) is 10.1. The van der Waals surface area contributed by atoms with Crippen LogP contribution in [0.3, 0.4) is 0 Å². The molecule has 0 nitrogen and oxygen atoms in total. The maximum absolute atomic E-state index is 5.56. The molecule has 0 radical (unpaired) electrons. The molecule has 0 aliphatic rings. The van der Waals surface area contributed by atoms with Gasteiger partial charge in [-0.3, -0.25) is 0 Å². The second-order valence-electron chi connectivity index (χ2n) is 1.42. The van der Waals surface area contributed by atoms with Gasteiger partial charge in [0.05, 0.1) is 0 Å². The first-order chi connectivity index (χ1) is 3.13. The Labute approximate surface area is 58.8 Å². The molecule has 0 aliphatic carbocycles. The Morgan fingerprint density at radius 3 is 2.14 bits per heavy atom. The summed E-state index contributed by atoms with van der Waals surface area (Å²) >= 11 is -1.74. The van der Waals surface area contributed by atoms with Crippen LogP contribution in [0, 0.1) is 0 Å². The van der Waals surface area contributed by atoms with Crippen LogP contribution in [-0.2, 0) is 0 Å². The standard InChI is InChI=1S/C4H7.2ClH.Sb/c1-4(2)3;;;/h1-2H2,3H3;2*1H;/q;;;+2/p-2. The molecule has 0 aromatic heterocycles. The van der Waals surface area contributed by atoms with E-state index in [1.54, 1.807) is 0 Å². The monoisotopic (exact) mass is 246 g/mol. The molecule has 0 saturated heterocycles. The number of hydrogen-bond acceptors (Lipinski definition) is 0. The summed E-state index contributed by atoms with van der Waals surface area (Å²) in [5, 5.41) is 0. The van der Waals surface area contributed by atoms with Crippen molar-refractivity contribution >= 4 is 35.6 Å². The minimum atomic E-state index is -1.74. The predicted octanol–water partition coefficient (Wildman–Crippen LogP) is 2.53. The Hall–Kier alpha value is 1.14. The number of halogens is 2. The summed E-state index contributed by atoms with van der Waals surface area (Å²) < 4.78 is 0.881. The van der Waals surface area contributed by atoms with Crippen LogP contribution in [0.25, 0.3) is 0 Å². The van der Waals surface area contributed by atoms with Gasteiger partial charge in [-0.25, -0.2) is 0 Å². The Bertz CT molecular complexity index is 70.1. The summed E-state index contributed by atoms with van der Waals surface area (Å²) in [5.41, 5.74) is 1.10. The van der Waals surface area contributed by atoms with Crippen molar-refractivity contribution in [3.8, 4) is 0 Å². The molecule has 7 heavy (non-hydrogen) atoms. The Morgan fingerprint density at radius 2 is 2.14 bits per heavy atom. The van der Waals surface area contributed by atoms with E-state index in [4.69, 9.17) is 17.7 Å². The molecule has 0 amide bonds. The summed E-state index contributed by atoms with van der Waals surface area (Å²) in [7, 11) is 11.1. The molecule has 0 spiro atoms. The molecule has 0 bridgehead atoms. The van der Waals surface area contributed by atoms with Crippen LogP contribution in [0.5, 0.6) is 0 Å². The van der Waals surface area contributed by atoms with Gasteiger partial charge in [0.25, 0.3) is 0 Å². The van der Waals surface area contributed by atoms with Crippen LogP contribution >= 0.6 is 17.7 Å². The van der Waals surface area contributed by atoms with Crippen LogP contribution < -0.4 is 0 Å². The third kappa shape index (κ3) is 7.14. The summed E-state index contributed by atoms with van der Waals surface area (Å²) in [6.45, 7) is 5.62. The summed E-state index contributed by atoms with van der Waals surface area (Å²) in [6.07, 6.45) is 0. The fourth-order valence-corrected chi connectivity index (χ4v) is 4.11. The van der Waals surface area contributed by atoms with Crippen LogP contribution in [-0.4, -0.2) is 17.9 Å². The van der Waals surface area contributed by atoms with Gasteiger partial charge in [0.15, 0.2) is 0 Å². The van der Waals surface area contributed by atoms with E-state index in [-0.39, 0.29) is 0 Å². The van der Waals surface area contributed by atoms with E-state index in [0.29, 0.717) is 0 Å². The van der Waals surface area contributed by atoms with Crippen molar-refractivity contribution in [1.29, 1.82) is 0 Å². The van der Waals surface area contributed by atoms with Gasteiger partial charge in [0, 0.05) is 0 Å². The number of allylic oxidation sites excluding steroid dienone is 1. The van der Waals surface area contributed by atoms with Crippen molar-refractivity contribution in [3.05, 3.63) is 12.2 Å². The third-order valence-electron chi connectivity index (χ3n) is 0.389. The quantitative estimate of drug-likeness (QED) is 0.520. The zero-order valence-electron chi connectivity index (χ0n) is 4.12. The zero-order valence-corrected chi connectivity index (χ0v) is 8.18. The summed E-state index contributed by atoms with van der Waals surface area (Å²) in [5.74, 6) is 0. The van der Waals surface area contributed by atoms with Gasteiger partial charge in [0.1, 0.15) is 0 Å². The zero-order chi connectivity index (χ0) is 5.86. The van der Waals surface area contributed by atoms with Gasteiger partial charge in [-0.2, -0.15) is 0 Å². The van der Waals surface area contributed by atoms with Crippen LogP contribution in [0.15, 0.2) is 12.2 Å². The molecule has 0 aromatic rings. The molecule has 0 rings (SSSR count). The van der Waals surface area contributed by atoms with E-state index in [1.807, 2.05) is 6.92 Å². The van der Waals surface area contributed by atoms with Crippen LogP contribution in [0.1, 0.15) is 6.92 Å². The molecular weight excluding hydrogens is 241 g/mol. The molecule has 0 unspecified atom stereocenters. The van der Waals surface area contributed by atoms with E-state index < -0.39 is 17.9 Å². The predicted molar refractivity (Wildman–Crippen MR) is 37.1 cm³/mol. The SMILES string of the molecule is C=C(C)[CH2][Sb]([Cl])[Cl]. The van der Waals surface area contributed by atoms with Gasteiger partial charge >= 0.3 is 59.0 Å². The number of hydrogen-bond donors (Lipinski definition) is 0. The summed E-state index contributed by atoms with van der Waals surface area (Å²) in [4.78, 5) is 0. The molecule has 0 atom stereocenters. The van der Waals surface area contributed by atoms with Gasteiger partial charge in [-0.1, -0.05) is 0 Å². The van der Waals surface area contributed by atoms with Crippen molar-refractivity contribution in [3.63, 3.8) is 0 Å². The molecule has 3 heteroatoms. The normalized spacial score (nSPS) is 9.71. The Kier molecular flexibility index (Phi) is 4.72. The molecule has 42 valence electrons. The molecule has 0 heterocycles. The van der Waals surface area contributed by atoms with E-state index >= 15 is 0 Å². The number of rotatable bonds is 2. The van der Waals surface area contributed by atoms with E-state index in [0.717, 1.165) is 9.94 Å². The molecule has 0 saturated carbocycles. The molecule has 0 aromatic carbocycles. The van der Waals surface area contributed by atoms with Gasteiger partial charge in [-0.15, -0.1) is 0 Å². The van der Waals surface area contributed by atoms with Crippen molar-refractivity contribution in [2.75, 3.05) is 0 Å². The maximum atomic E-state index is 5.56. The molecular formula is C4H7Cl2Sb. The van der Waals surface area contributed by atoms with Gasteiger partial charge in [-0.05, 0) is 0 Å². The van der Waals surface area contributed by atoms with E-state index in [9.17, 15) is 0 Å². The van der Waals surface area contributed by atoms with Crippen LogP contribution in [0.2, 0.25) is 4.37 Å². The first-order valence-electron chi connectivity index (χ1n) is 1.86. The van der Waals surface area contributed by atoms with E-state index in [1.165, 1.54) is 0 Å². The summed E-state index contributed by atoms with van der Waals surface area (Å²) in [6, 6.07) is 0. The average Bonchev–Trinajstić information content (AvgIpc) is 1.27. The fourth-order valence-electron chi connectivity index (χ4n) is 0.204. The molecule has 0 aliphatic heterocycles. The van der Waals surface area contributed by atoms with Crippen molar-refractivity contribution in [2.45, 2.75) is 11.3 Å². The second kappa shape index (κ2) is 4.06. The van der Waals surface area contributed by atoms with Gasteiger partial charge in [0.2, 0.25) is 0 Å². The minimum absolute atomic E-state index is 0.881. The second-order valence-corrected chi connectivity index (χ2v) is 10.7. The van der Waals surface area contributed by atoms with Crippen molar-refractivity contribution in [1.82, 2.24) is 0 Å². The van der Waals surface area contributed by atoms with Crippen molar-refractivity contribution in [2.24, 2.45) is 0 Å². The molecule has 0 N–H and O–H groups in total. The van der Waals surface area contributed by atoms with Crippen molar-refractivity contribution < 1.29 is 0 Å². The Morgan fingerprint density at radius 1 is 1.71 bits per heavy atom. The van der Waals surface area contributed by atoms with Crippen LogP contribution in [0.4, 0.5) is 0 Å². The van der Waals surface area contributed by atoms with Gasteiger partial charge < -0.3 is 0 Å². The van der Waals surface area contributed by atoms with E-state index in [2.05, 4.69) is 6.58 Å². The third-order valence-corrected chi connectivity index (χ3v) is 4.22. The topological polar surface area (TPSA) is 0 Å². The average molecular weight is 248 g/mol. The first kappa shape index (κ1) is 8.14. The fraction of sp³-hybridized carbons (Fsp3) is 0.500. The Balaban J connectivity index is 3.13.